The van der Waals surface area contributed by atoms with Gasteiger partial charge in [-0.1, -0.05) is 0 Å². The molecule has 6 nitrogen and oxygen atoms in total. The van der Waals surface area contributed by atoms with Gasteiger partial charge in [0.1, 0.15) is 11.6 Å². The highest BCUT2D eigenvalue weighted by molar-refractivity contribution is 5.81. The van der Waals surface area contributed by atoms with Crippen LogP contribution in [-0.4, -0.2) is 45.2 Å². The lowest BCUT2D eigenvalue weighted by Crippen LogP contribution is -2.43. The molecule has 0 bridgehead atoms. The number of amides is 1. The number of carboxylic acids is 1. The number of carbonyl (C=O) groups excluding carboxylic acids is 1. The minimum absolute atomic E-state index is 0.107. The van der Waals surface area contributed by atoms with Crippen molar-refractivity contribution in [2.24, 2.45) is 5.92 Å². The van der Waals surface area contributed by atoms with Gasteiger partial charge in [-0.15, -0.1) is 0 Å². The van der Waals surface area contributed by atoms with E-state index in [0.29, 0.717) is 13.0 Å². The molecule has 1 aliphatic rings. The maximum atomic E-state index is 12.2. The quantitative estimate of drug-likeness (QED) is 0.927. The molecule has 0 saturated carbocycles. The molecule has 1 saturated heterocycles. The van der Waals surface area contributed by atoms with Crippen molar-refractivity contribution in [3.05, 3.63) is 30.1 Å². The third-order valence-electron chi connectivity index (χ3n) is 3.57. The predicted octanol–water partition coefficient (Wildman–Crippen LogP) is 2.33. The minimum atomic E-state index is -0.983. The number of ether oxygens (including phenoxy) is 1. The molecular weight excluding hydrogens is 284 g/mol. The number of hydrogen-bond acceptors (Lipinski definition) is 4. The smallest absolute Gasteiger partial charge is 0.411 e. The summed E-state index contributed by atoms with van der Waals surface area (Å²) < 4.78 is 5.31. The summed E-state index contributed by atoms with van der Waals surface area (Å²) in [4.78, 5) is 28.9. The van der Waals surface area contributed by atoms with E-state index in [4.69, 9.17) is 4.74 Å². The topological polar surface area (TPSA) is 79.7 Å². The first-order valence-corrected chi connectivity index (χ1v) is 7.37. The number of aromatic nitrogens is 1. The van der Waals surface area contributed by atoms with Crippen molar-refractivity contribution in [3.8, 4) is 0 Å². The second-order valence-corrected chi connectivity index (χ2v) is 6.65. The van der Waals surface area contributed by atoms with Crippen molar-refractivity contribution in [1.29, 1.82) is 0 Å². The van der Waals surface area contributed by atoms with Crippen LogP contribution in [0, 0.1) is 5.92 Å². The van der Waals surface area contributed by atoms with Gasteiger partial charge in [0.05, 0.1) is 0 Å². The van der Waals surface area contributed by atoms with Crippen LogP contribution in [0.4, 0.5) is 4.79 Å². The highest BCUT2D eigenvalue weighted by Gasteiger charge is 2.41. The molecule has 1 fully saturated rings. The lowest BCUT2D eigenvalue weighted by molar-refractivity contribution is -0.142. The van der Waals surface area contributed by atoms with Crippen LogP contribution in [0.25, 0.3) is 0 Å². The largest absolute Gasteiger partial charge is 0.480 e. The molecule has 22 heavy (non-hydrogen) atoms. The van der Waals surface area contributed by atoms with Gasteiger partial charge in [0.2, 0.25) is 0 Å². The molecule has 1 aliphatic heterocycles. The Bertz CT molecular complexity index is 539. The number of pyridine rings is 1. The number of hydrogen-bond donors (Lipinski definition) is 1. The zero-order valence-corrected chi connectivity index (χ0v) is 13.2. The molecule has 0 radical (unpaired) electrons. The molecule has 2 atom stereocenters. The van der Waals surface area contributed by atoms with Gasteiger partial charge in [-0.25, -0.2) is 9.59 Å². The van der Waals surface area contributed by atoms with E-state index in [1.807, 2.05) is 12.1 Å². The summed E-state index contributed by atoms with van der Waals surface area (Å²) in [6.45, 7) is 5.70. The summed E-state index contributed by atoms with van der Waals surface area (Å²) in [5.41, 5.74) is 0.457. The first-order valence-electron chi connectivity index (χ1n) is 7.37. The molecule has 1 aromatic heterocycles. The van der Waals surface area contributed by atoms with E-state index in [1.165, 1.54) is 4.90 Å². The van der Waals surface area contributed by atoms with Crippen molar-refractivity contribution in [3.63, 3.8) is 0 Å². The zero-order chi connectivity index (χ0) is 16.3. The first-order chi connectivity index (χ1) is 10.3. The maximum Gasteiger partial charge on any atom is 0.411 e. The Morgan fingerprint density at radius 3 is 2.55 bits per heavy atom. The molecule has 2 unspecified atom stereocenters. The maximum absolute atomic E-state index is 12.2. The number of rotatable bonds is 3. The summed E-state index contributed by atoms with van der Waals surface area (Å²) in [5, 5.41) is 9.36. The fraction of sp³-hybridized carbons (Fsp3) is 0.562. The summed E-state index contributed by atoms with van der Waals surface area (Å²) in [7, 11) is 0. The van der Waals surface area contributed by atoms with E-state index in [9.17, 15) is 14.7 Å². The first kappa shape index (κ1) is 16.3. The van der Waals surface area contributed by atoms with Crippen molar-refractivity contribution >= 4 is 12.1 Å². The summed E-state index contributed by atoms with van der Waals surface area (Å²) in [6.07, 6.45) is 4.04. The van der Waals surface area contributed by atoms with Crippen molar-refractivity contribution in [2.75, 3.05) is 6.54 Å². The third kappa shape index (κ3) is 4.19. The molecule has 2 heterocycles. The Hall–Kier alpha value is -2.11. The Labute approximate surface area is 130 Å². The van der Waals surface area contributed by atoms with Crippen LogP contribution >= 0.6 is 0 Å². The van der Waals surface area contributed by atoms with Gasteiger partial charge < -0.3 is 9.84 Å². The van der Waals surface area contributed by atoms with Crippen LogP contribution in [-0.2, 0) is 16.0 Å². The van der Waals surface area contributed by atoms with E-state index in [1.54, 1.807) is 33.2 Å². The molecule has 1 N–H and O–H groups in total. The van der Waals surface area contributed by atoms with Crippen LogP contribution in [0.3, 0.4) is 0 Å². The Kier molecular flexibility index (Phi) is 4.68. The third-order valence-corrected chi connectivity index (χ3v) is 3.57. The van der Waals surface area contributed by atoms with Crippen molar-refractivity contribution < 1.29 is 19.4 Å². The molecular formula is C16H22N2O4. The van der Waals surface area contributed by atoms with Crippen LogP contribution in [0.5, 0.6) is 0 Å². The van der Waals surface area contributed by atoms with Gasteiger partial charge >= 0.3 is 12.1 Å². The fourth-order valence-electron chi connectivity index (χ4n) is 2.68. The van der Waals surface area contributed by atoms with Crippen LogP contribution in [0.2, 0.25) is 0 Å². The molecule has 120 valence electrons. The summed E-state index contributed by atoms with van der Waals surface area (Å²) in [6, 6.07) is 3.00. The highest BCUT2D eigenvalue weighted by atomic mass is 16.6. The number of carboxylic acid groups (broad SMARTS) is 1. The highest BCUT2D eigenvalue weighted by Crippen LogP contribution is 2.28. The fourth-order valence-corrected chi connectivity index (χ4v) is 2.68. The van der Waals surface area contributed by atoms with Gasteiger partial charge in [0.15, 0.2) is 0 Å². The van der Waals surface area contributed by atoms with Crippen LogP contribution in [0.15, 0.2) is 24.5 Å². The van der Waals surface area contributed by atoms with E-state index in [0.717, 1.165) is 12.0 Å². The van der Waals surface area contributed by atoms with E-state index in [2.05, 4.69) is 4.98 Å². The molecule has 0 spiro atoms. The SMILES string of the molecule is CC(C)(C)OC(=O)N1CC(Cc2ccncc2)CC1C(=O)O. The number of likely N-dealkylation sites (tertiary alicyclic amines) is 1. The van der Waals surface area contributed by atoms with E-state index in [-0.39, 0.29) is 5.92 Å². The standard InChI is InChI=1S/C16H22N2O4/c1-16(2,3)22-15(21)18-10-12(9-13(18)14(19)20)8-11-4-6-17-7-5-11/h4-7,12-13H,8-10H2,1-3H3,(H,19,20). The van der Waals surface area contributed by atoms with Gasteiger partial charge in [-0.05, 0) is 57.2 Å². The van der Waals surface area contributed by atoms with Crippen LogP contribution < -0.4 is 0 Å². The summed E-state index contributed by atoms with van der Waals surface area (Å²) in [5.74, 6) is -0.876. The molecule has 1 aromatic rings. The Morgan fingerprint density at radius 1 is 1.36 bits per heavy atom. The minimum Gasteiger partial charge on any atom is -0.480 e. The Balaban J connectivity index is 2.06. The molecule has 6 heteroatoms. The van der Waals surface area contributed by atoms with E-state index >= 15 is 0 Å². The molecule has 0 aromatic carbocycles. The Morgan fingerprint density at radius 2 is 2.00 bits per heavy atom. The number of carbonyl (C=O) groups is 2. The second-order valence-electron chi connectivity index (χ2n) is 6.65. The monoisotopic (exact) mass is 306 g/mol. The molecule has 0 aliphatic carbocycles. The normalized spacial score (nSPS) is 21.7. The number of aliphatic carboxylic acids is 1. The number of nitrogens with zero attached hydrogens (tertiary/aromatic N) is 2. The average molecular weight is 306 g/mol. The molecule has 2 rings (SSSR count). The van der Waals surface area contributed by atoms with Gasteiger partial charge in [-0.3, -0.25) is 9.88 Å². The molecule has 1 amide bonds. The van der Waals surface area contributed by atoms with Gasteiger partial charge in [-0.2, -0.15) is 0 Å². The van der Waals surface area contributed by atoms with Crippen LogP contribution in [0.1, 0.15) is 32.8 Å². The summed E-state index contributed by atoms with van der Waals surface area (Å²) >= 11 is 0. The average Bonchev–Trinajstić information content (AvgIpc) is 2.82. The lowest BCUT2D eigenvalue weighted by atomic mass is 9.97. The second kappa shape index (κ2) is 6.34. The zero-order valence-electron chi connectivity index (χ0n) is 13.2. The lowest BCUT2D eigenvalue weighted by Gasteiger charge is -2.26. The van der Waals surface area contributed by atoms with Gasteiger partial charge in [0, 0.05) is 18.9 Å². The predicted molar refractivity (Wildman–Crippen MR) is 80.4 cm³/mol. The van der Waals surface area contributed by atoms with E-state index < -0.39 is 23.7 Å². The van der Waals surface area contributed by atoms with Crippen molar-refractivity contribution in [2.45, 2.75) is 45.3 Å². The van der Waals surface area contributed by atoms with Gasteiger partial charge in [0.25, 0.3) is 0 Å². The van der Waals surface area contributed by atoms with Crippen molar-refractivity contribution in [1.82, 2.24) is 9.88 Å².